The molecule has 0 unspecified atom stereocenters. The largest absolute Gasteiger partial charge is 0.454 e. The molecule has 0 aromatic heterocycles. The second kappa shape index (κ2) is 10.0. The molecule has 0 saturated carbocycles. The van der Waals surface area contributed by atoms with Crippen molar-refractivity contribution in [3.8, 4) is 29.6 Å². The van der Waals surface area contributed by atoms with Crippen LogP contribution in [-0.2, 0) is 6.54 Å². The highest BCUT2D eigenvalue weighted by molar-refractivity contribution is 14.0. The van der Waals surface area contributed by atoms with E-state index in [0.717, 1.165) is 0 Å². The zero-order chi connectivity index (χ0) is 16.7. The summed E-state index contributed by atoms with van der Waals surface area (Å²) in [5, 5.41) is 5.91. The van der Waals surface area contributed by atoms with Crippen molar-refractivity contribution in [3.63, 3.8) is 0 Å². The fraction of sp³-hybridized carbons (Fsp3) is 0.400. The highest BCUT2D eigenvalue weighted by Gasteiger charge is 2.20. The van der Waals surface area contributed by atoms with Crippen LogP contribution >= 0.6 is 24.0 Å². The lowest BCUT2D eigenvalue weighted by molar-refractivity contribution is -0.0505. The van der Waals surface area contributed by atoms with Gasteiger partial charge in [-0.1, -0.05) is 5.92 Å². The topological polar surface area (TPSA) is 64.1 Å². The van der Waals surface area contributed by atoms with Gasteiger partial charge in [0.2, 0.25) is 6.79 Å². The summed E-state index contributed by atoms with van der Waals surface area (Å²) >= 11 is 0. The Morgan fingerprint density at radius 2 is 2.08 bits per heavy atom. The van der Waals surface area contributed by atoms with Crippen molar-refractivity contribution in [1.29, 1.82) is 0 Å². The Balaban J connectivity index is 0.00000288. The molecule has 1 aromatic carbocycles. The molecule has 24 heavy (non-hydrogen) atoms. The summed E-state index contributed by atoms with van der Waals surface area (Å²) in [6, 6.07) is 2.95. The number of nitrogens with zero attached hydrogens (tertiary/aromatic N) is 1. The smallest absolute Gasteiger partial charge is 0.387 e. The Morgan fingerprint density at radius 3 is 2.71 bits per heavy atom. The Bertz CT molecular complexity index is 621. The van der Waals surface area contributed by atoms with E-state index in [1.54, 1.807) is 6.07 Å². The molecule has 6 nitrogen and oxygen atoms in total. The number of rotatable bonds is 6. The number of hydrogen-bond donors (Lipinski definition) is 2. The predicted octanol–water partition coefficient (Wildman–Crippen LogP) is 2.32. The lowest BCUT2D eigenvalue weighted by atomic mass is 10.1. The molecule has 1 heterocycles. The Kier molecular flexibility index (Phi) is 8.39. The molecule has 0 amide bonds. The van der Waals surface area contributed by atoms with Crippen molar-refractivity contribution >= 4 is 29.9 Å². The van der Waals surface area contributed by atoms with Crippen LogP contribution in [0.2, 0.25) is 0 Å². The monoisotopic (exact) mass is 453 g/mol. The van der Waals surface area contributed by atoms with Gasteiger partial charge in [-0.2, -0.15) is 8.78 Å². The first-order valence-electron chi connectivity index (χ1n) is 6.97. The normalized spacial score (nSPS) is 12.4. The molecule has 0 bridgehead atoms. The van der Waals surface area contributed by atoms with Crippen LogP contribution in [0.4, 0.5) is 8.78 Å². The Hall–Kier alpha value is -1.96. The van der Waals surface area contributed by atoms with Gasteiger partial charge in [-0.3, -0.25) is 0 Å². The number of terminal acetylenes is 1. The fourth-order valence-electron chi connectivity index (χ4n) is 1.94. The molecule has 2 rings (SSSR count). The third-order valence-corrected chi connectivity index (χ3v) is 2.88. The average molecular weight is 453 g/mol. The summed E-state index contributed by atoms with van der Waals surface area (Å²) in [7, 11) is 0. The van der Waals surface area contributed by atoms with Gasteiger partial charge in [0.1, 0.15) is 5.75 Å². The van der Waals surface area contributed by atoms with E-state index in [1.165, 1.54) is 6.07 Å². The number of hydrogen-bond acceptors (Lipinski definition) is 4. The highest BCUT2D eigenvalue weighted by Crippen LogP contribution is 2.38. The standard InChI is InChI=1S/C15H17F2N3O3.HI/c1-3-5-19-15(18-4-2)20-8-10-6-12-13(22-9-21-12)7-11(10)23-14(16)17;/h1,6-7,14H,4-5,8-9H2,2H3,(H2,18,19,20);1H. The Morgan fingerprint density at radius 1 is 1.38 bits per heavy atom. The van der Waals surface area contributed by atoms with Crippen LogP contribution in [0.1, 0.15) is 12.5 Å². The first-order valence-corrected chi connectivity index (χ1v) is 6.97. The molecule has 0 saturated heterocycles. The van der Waals surface area contributed by atoms with Crippen molar-refractivity contribution in [3.05, 3.63) is 17.7 Å². The molecule has 9 heteroatoms. The molecule has 1 aliphatic rings. The number of halogens is 3. The van der Waals surface area contributed by atoms with Crippen molar-refractivity contribution in [2.24, 2.45) is 4.99 Å². The van der Waals surface area contributed by atoms with Gasteiger partial charge < -0.3 is 24.8 Å². The molecule has 132 valence electrons. The van der Waals surface area contributed by atoms with E-state index in [4.69, 9.17) is 15.9 Å². The van der Waals surface area contributed by atoms with Gasteiger partial charge in [-0.15, -0.1) is 30.4 Å². The maximum atomic E-state index is 12.6. The van der Waals surface area contributed by atoms with E-state index >= 15 is 0 Å². The number of ether oxygens (including phenoxy) is 3. The number of nitrogens with one attached hydrogen (secondary N) is 2. The molecule has 0 fully saturated rings. The zero-order valence-corrected chi connectivity index (χ0v) is 15.3. The number of fused-ring (bicyclic) bond motifs is 1. The van der Waals surface area contributed by atoms with Gasteiger partial charge in [0.15, 0.2) is 17.5 Å². The molecular formula is C15H18F2IN3O3. The van der Waals surface area contributed by atoms with Crippen LogP contribution in [0.15, 0.2) is 17.1 Å². The van der Waals surface area contributed by atoms with Gasteiger partial charge >= 0.3 is 6.61 Å². The lowest BCUT2D eigenvalue weighted by Gasteiger charge is -2.12. The van der Waals surface area contributed by atoms with Gasteiger partial charge in [-0.05, 0) is 13.0 Å². The quantitative estimate of drug-likeness (QED) is 0.300. The fourth-order valence-corrected chi connectivity index (χ4v) is 1.94. The maximum Gasteiger partial charge on any atom is 0.387 e. The number of alkyl halides is 2. The van der Waals surface area contributed by atoms with Gasteiger partial charge in [-0.25, -0.2) is 4.99 Å². The summed E-state index contributed by atoms with van der Waals surface area (Å²) in [6.45, 7) is 0.0525. The average Bonchev–Trinajstić information content (AvgIpc) is 2.96. The molecule has 1 aromatic rings. The third kappa shape index (κ3) is 5.59. The lowest BCUT2D eigenvalue weighted by Crippen LogP contribution is -2.37. The minimum atomic E-state index is -2.94. The minimum Gasteiger partial charge on any atom is -0.454 e. The first-order chi connectivity index (χ1) is 11.1. The van der Waals surface area contributed by atoms with E-state index in [1.807, 2.05) is 6.92 Å². The zero-order valence-electron chi connectivity index (χ0n) is 13.0. The maximum absolute atomic E-state index is 12.6. The number of guanidine groups is 1. The molecule has 2 N–H and O–H groups in total. The first kappa shape index (κ1) is 20.1. The van der Waals surface area contributed by atoms with E-state index < -0.39 is 6.61 Å². The van der Waals surface area contributed by atoms with E-state index in [2.05, 4.69) is 26.3 Å². The van der Waals surface area contributed by atoms with Crippen molar-refractivity contribution in [2.75, 3.05) is 19.9 Å². The minimum absolute atomic E-state index is 0. The second-order valence-corrected chi connectivity index (χ2v) is 4.44. The molecule has 1 aliphatic heterocycles. The number of benzene rings is 1. The van der Waals surface area contributed by atoms with Crippen LogP contribution < -0.4 is 24.8 Å². The SMILES string of the molecule is C#CCNC(=NCc1cc2c(cc1OC(F)F)OCO2)NCC.I. The Labute approximate surface area is 156 Å². The van der Waals surface area contributed by atoms with Crippen LogP contribution in [0.3, 0.4) is 0 Å². The predicted molar refractivity (Wildman–Crippen MR) is 96.3 cm³/mol. The molecule has 0 radical (unpaired) electrons. The van der Waals surface area contributed by atoms with Gasteiger partial charge in [0, 0.05) is 18.2 Å². The van der Waals surface area contributed by atoms with E-state index in [0.29, 0.717) is 36.1 Å². The van der Waals surface area contributed by atoms with Crippen molar-refractivity contribution in [2.45, 2.75) is 20.1 Å². The van der Waals surface area contributed by atoms with E-state index in [-0.39, 0.29) is 43.1 Å². The van der Waals surface area contributed by atoms with Crippen molar-refractivity contribution in [1.82, 2.24) is 10.6 Å². The summed E-state index contributed by atoms with van der Waals surface area (Å²) in [4.78, 5) is 4.29. The third-order valence-electron chi connectivity index (χ3n) is 2.88. The summed E-state index contributed by atoms with van der Waals surface area (Å²) < 4.78 is 40.1. The number of aliphatic imine (C=N–C) groups is 1. The van der Waals surface area contributed by atoms with Crippen molar-refractivity contribution < 1.29 is 23.0 Å². The molecular weight excluding hydrogens is 435 g/mol. The second-order valence-electron chi connectivity index (χ2n) is 4.44. The van der Waals surface area contributed by atoms with Crippen LogP contribution in [0.25, 0.3) is 0 Å². The van der Waals surface area contributed by atoms with Gasteiger partial charge in [0.25, 0.3) is 0 Å². The van der Waals surface area contributed by atoms with Crippen LogP contribution in [-0.4, -0.2) is 32.5 Å². The summed E-state index contributed by atoms with van der Waals surface area (Å²) in [6.07, 6.45) is 5.19. The molecule has 0 aliphatic carbocycles. The highest BCUT2D eigenvalue weighted by atomic mass is 127. The molecule has 0 spiro atoms. The summed E-state index contributed by atoms with van der Waals surface area (Å²) in [5.74, 6) is 3.75. The summed E-state index contributed by atoms with van der Waals surface area (Å²) in [5.41, 5.74) is 0.451. The van der Waals surface area contributed by atoms with Crippen LogP contribution in [0, 0.1) is 12.3 Å². The van der Waals surface area contributed by atoms with Crippen LogP contribution in [0.5, 0.6) is 17.2 Å². The molecule has 0 atom stereocenters. The van der Waals surface area contributed by atoms with E-state index in [9.17, 15) is 8.78 Å². The van der Waals surface area contributed by atoms with Gasteiger partial charge in [0.05, 0.1) is 13.1 Å².